The van der Waals surface area contributed by atoms with Gasteiger partial charge in [0.05, 0.1) is 9.90 Å². The first-order valence-corrected chi connectivity index (χ1v) is 8.73. The molecule has 1 atom stereocenters. The minimum atomic E-state index is -0.816. The van der Waals surface area contributed by atoms with E-state index in [9.17, 15) is 14.4 Å². The first kappa shape index (κ1) is 19.1. The van der Waals surface area contributed by atoms with E-state index in [0.29, 0.717) is 27.6 Å². The van der Waals surface area contributed by atoms with Crippen LogP contribution in [-0.2, 0) is 9.59 Å². The molecule has 0 aliphatic carbocycles. The molecule has 132 valence electrons. The Bertz CT molecular complexity index is 798. The van der Waals surface area contributed by atoms with Gasteiger partial charge in [-0.15, -0.1) is 11.3 Å². The molecule has 2 aromatic heterocycles. The van der Waals surface area contributed by atoms with E-state index in [0.717, 1.165) is 0 Å². The number of hydrogen-bond donors (Lipinski definition) is 2. The number of pyridine rings is 1. The zero-order chi connectivity index (χ0) is 18.6. The number of carbonyl (C=O) groups is 3. The van der Waals surface area contributed by atoms with Crippen molar-refractivity contribution in [2.75, 3.05) is 5.32 Å². The Morgan fingerprint density at radius 3 is 2.68 bits per heavy atom. The summed E-state index contributed by atoms with van der Waals surface area (Å²) in [4.78, 5) is 38.3. The van der Waals surface area contributed by atoms with Crippen molar-refractivity contribution < 1.29 is 14.4 Å². The monoisotopic (exact) mass is 379 g/mol. The molecule has 0 saturated carbocycles. The molecular weight excluding hydrogens is 362 g/mol. The molecule has 0 radical (unpaired) electrons. The predicted octanol–water partition coefficient (Wildman–Crippen LogP) is 3.25. The van der Waals surface area contributed by atoms with E-state index in [-0.39, 0.29) is 17.2 Å². The van der Waals surface area contributed by atoms with Gasteiger partial charge in [-0.2, -0.15) is 0 Å². The molecule has 1 unspecified atom stereocenters. The number of nitrogens with zero attached hydrogens (tertiary/aromatic N) is 1. The Morgan fingerprint density at radius 1 is 1.44 bits per heavy atom. The summed E-state index contributed by atoms with van der Waals surface area (Å²) in [6, 6.07) is 3.26. The van der Waals surface area contributed by atoms with Crippen LogP contribution in [0.4, 0.5) is 5.69 Å². The summed E-state index contributed by atoms with van der Waals surface area (Å²) in [5, 5.41) is 7.46. The molecule has 2 N–H and O–H groups in total. The highest BCUT2D eigenvalue weighted by Gasteiger charge is 2.37. The minimum Gasteiger partial charge on any atom is -0.354 e. The summed E-state index contributed by atoms with van der Waals surface area (Å²) in [7, 11) is 0. The van der Waals surface area contributed by atoms with Gasteiger partial charge in [0.2, 0.25) is 12.3 Å². The lowest BCUT2D eigenvalue weighted by Gasteiger charge is -2.15. The third-order valence-corrected chi connectivity index (χ3v) is 4.54. The maximum absolute atomic E-state index is 12.3. The van der Waals surface area contributed by atoms with Gasteiger partial charge in [0, 0.05) is 34.6 Å². The van der Waals surface area contributed by atoms with Gasteiger partial charge < -0.3 is 10.6 Å². The van der Waals surface area contributed by atoms with Gasteiger partial charge >= 0.3 is 0 Å². The van der Waals surface area contributed by atoms with Crippen LogP contribution in [-0.4, -0.2) is 28.6 Å². The maximum atomic E-state index is 12.3. The topological polar surface area (TPSA) is 88.2 Å². The van der Waals surface area contributed by atoms with E-state index < -0.39 is 5.92 Å². The number of halogens is 1. The van der Waals surface area contributed by atoms with Gasteiger partial charge in [0.25, 0.3) is 0 Å². The van der Waals surface area contributed by atoms with Crippen molar-refractivity contribution in [3.05, 3.63) is 45.4 Å². The molecule has 1 aliphatic heterocycles. The standard InChI is InChI=1S/C12H7ClN2O2S.C5H11NO/c13-6-3-9(18-5-6)11(16)10-7-4-14-2-1-8(7)15-12(10)17;1-5(2,3)6-4-7/h1-5,10H,(H,15,17);4H,1-3H3,(H,6,7). The molecule has 6 nitrogen and oxygen atoms in total. The first-order chi connectivity index (χ1) is 11.7. The van der Waals surface area contributed by atoms with Crippen molar-refractivity contribution in [1.82, 2.24) is 10.3 Å². The maximum Gasteiger partial charge on any atom is 0.240 e. The average Bonchev–Trinajstić information content (AvgIpc) is 3.08. The Hall–Kier alpha value is -2.25. The van der Waals surface area contributed by atoms with Crippen LogP contribution >= 0.6 is 22.9 Å². The molecular formula is C17H18ClN3O3S. The van der Waals surface area contributed by atoms with Gasteiger partial charge in [0.1, 0.15) is 5.92 Å². The van der Waals surface area contributed by atoms with Crippen molar-refractivity contribution in [2.45, 2.75) is 32.2 Å². The molecule has 0 aromatic carbocycles. The van der Waals surface area contributed by atoms with Crippen LogP contribution in [0.3, 0.4) is 0 Å². The number of thiophene rings is 1. The summed E-state index contributed by atoms with van der Waals surface area (Å²) < 4.78 is 0. The second kappa shape index (κ2) is 7.76. The zero-order valence-corrected chi connectivity index (χ0v) is 15.6. The van der Waals surface area contributed by atoms with Crippen LogP contribution in [0.15, 0.2) is 29.9 Å². The quantitative estimate of drug-likeness (QED) is 0.486. The fourth-order valence-electron chi connectivity index (χ4n) is 2.12. The second-order valence-electron chi connectivity index (χ2n) is 6.39. The number of rotatable bonds is 3. The SMILES string of the molecule is CC(C)(C)NC=O.O=C1Nc2ccncc2C1C(=O)c1cc(Cl)cs1. The van der Waals surface area contributed by atoms with Crippen molar-refractivity contribution in [3.8, 4) is 0 Å². The Balaban J connectivity index is 0.000000277. The number of amides is 2. The molecule has 8 heteroatoms. The van der Waals surface area contributed by atoms with E-state index in [2.05, 4.69) is 15.6 Å². The van der Waals surface area contributed by atoms with Crippen molar-refractivity contribution in [1.29, 1.82) is 0 Å². The number of aromatic nitrogens is 1. The van der Waals surface area contributed by atoms with Gasteiger partial charge in [-0.05, 0) is 32.9 Å². The molecule has 3 heterocycles. The molecule has 0 spiro atoms. The molecule has 0 fully saturated rings. The van der Waals surface area contributed by atoms with Crippen LogP contribution in [0.25, 0.3) is 0 Å². The first-order valence-electron chi connectivity index (χ1n) is 7.47. The van der Waals surface area contributed by atoms with Gasteiger partial charge in [-0.3, -0.25) is 19.4 Å². The number of nitrogens with one attached hydrogen (secondary N) is 2. The van der Waals surface area contributed by atoms with Gasteiger partial charge in [0.15, 0.2) is 5.78 Å². The molecule has 0 bridgehead atoms. The molecule has 2 amide bonds. The lowest BCUT2D eigenvalue weighted by Crippen LogP contribution is -2.34. The molecule has 2 aromatic rings. The van der Waals surface area contributed by atoms with Crippen molar-refractivity contribution in [3.63, 3.8) is 0 Å². The lowest BCUT2D eigenvalue weighted by molar-refractivity contribution is -0.116. The highest BCUT2D eigenvalue weighted by molar-refractivity contribution is 7.12. The number of anilines is 1. The highest BCUT2D eigenvalue weighted by atomic mass is 35.5. The zero-order valence-electron chi connectivity index (χ0n) is 14.0. The smallest absolute Gasteiger partial charge is 0.240 e. The Kier molecular flexibility index (Phi) is 5.92. The summed E-state index contributed by atoms with van der Waals surface area (Å²) in [6.07, 6.45) is 3.83. The van der Waals surface area contributed by atoms with Crippen LogP contribution < -0.4 is 10.6 Å². The molecule has 25 heavy (non-hydrogen) atoms. The van der Waals surface area contributed by atoms with E-state index in [1.165, 1.54) is 11.3 Å². The summed E-state index contributed by atoms with van der Waals surface area (Å²) in [6.45, 7) is 5.80. The van der Waals surface area contributed by atoms with Crippen molar-refractivity contribution in [2.24, 2.45) is 0 Å². The van der Waals surface area contributed by atoms with Crippen molar-refractivity contribution >= 4 is 46.7 Å². The Morgan fingerprint density at radius 2 is 2.16 bits per heavy atom. The van der Waals surface area contributed by atoms with Crippen LogP contribution in [0.2, 0.25) is 5.02 Å². The summed E-state index contributed by atoms with van der Waals surface area (Å²) in [5.41, 5.74) is 1.20. The Labute approximate surface area is 154 Å². The van der Waals surface area contributed by atoms with Crippen LogP contribution in [0, 0.1) is 0 Å². The van der Waals surface area contributed by atoms with E-state index in [1.807, 2.05) is 20.8 Å². The predicted molar refractivity (Wildman–Crippen MR) is 98.2 cm³/mol. The number of fused-ring (bicyclic) bond motifs is 1. The highest BCUT2D eigenvalue weighted by Crippen LogP contribution is 2.35. The molecule has 3 rings (SSSR count). The minimum absolute atomic E-state index is 0.0677. The largest absolute Gasteiger partial charge is 0.354 e. The average molecular weight is 380 g/mol. The third kappa shape index (κ3) is 4.87. The van der Waals surface area contributed by atoms with E-state index in [4.69, 9.17) is 11.6 Å². The van der Waals surface area contributed by atoms with Crippen LogP contribution in [0.5, 0.6) is 0 Å². The van der Waals surface area contributed by atoms with Gasteiger partial charge in [-0.1, -0.05) is 11.6 Å². The molecule has 1 aliphatic rings. The summed E-state index contributed by atoms with van der Waals surface area (Å²) >= 11 is 7.03. The lowest BCUT2D eigenvalue weighted by atomic mass is 9.97. The fourth-order valence-corrected chi connectivity index (χ4v) is 3.16. The number of Topliss-reactive ketones (excluding diaryl/α,β-unsaturated/α-hetero) is 1. The normalized spacial score (nSPS) is 15.5. The number of carbonyl (C=O) groups excluding carboxylic acids is 3. The van der Waals surface area contributed by atoms with E-state index >= 15 is 0 Å². The van der Waals surface area contributed by atoms with Gasteiger partial charge in [-0.25, -0.2) is 0 Å². The molecule has 0 saturated heterocycles. The summed E-state index contributed by atoms with van der Waals surface area (Å²) in [5.74, 6) is -1.37. The number of hydrogen-bond acceptors (Lipinski definition) is 5. The fraction of sp³-hybridized carbons (Fsp3) is 0.294. The second-order valence-corrected chi connectivity index (χ2v) is 7.74. The van der Waals surface area contributed by atoms with E-state index in [1.54, 1.807) is 29.9 Å². The van der Waals surface area contributed by atoms with Crippen LogP contribution in [0.1, 0.15) is 41.9 Å². The third-order valence-electron chi connectivity index (χ3n) is 3.25. The number of ketones is 1.